The molecule has 2 aromatic rings. The van der Waals surface area contributed by atoms with Crippen LogP contribution >= 0.6 is 0 Å². The molecule has 6 N–H and O–H groups in total. The van der Waals surface area contributed by atoms with Crippen LogP contribution in [0.1, 0.15) is 51.7 Å². The molecule has 1 unspecified atom stereocenters. The molecule has 2 rings (SSSR count). The highest BCUT2D eigenvalue weighted by atomic mass is 19.1. The summed E-state index contributed by atoms with van der Waals surface area (Å²) in [6.45, 7) is 9.26. The summed E-state index contributed by atoms with van der Waals surface area (Å²) in [6, 6.07) is 10.6. The first-order chi connectivity index (χ1) is 16.5. The number of rotatable bonds is 12. The number of carbonyl (C=O) groups is 2. The third kappa shape index (κ3) is 9.27. The molecular formula is C26H36FN5O3. The fourth-order valence-corrected chi connectivity index (χ4v) is 3.01. The summed E-state index contributed by atoms with van der Waals surface area (Å²) < 4.78 is 19.1. The average molecular weight is 486 g/mol. The lowest BCUT2D eigenvalue weighted by molar-refractivity contribution is -0.116. The van der Waals surface area contributed by atoms with Gasteiger partial charge in [0.1, 0.15) is 17.3 Å². The molecule has 1 atom stereocenters. The predicted molar refractivity (Wildman–Crippen MR) is 136 cm³/mol. The number of ether oxygens (including phenoxy) is 1. The summed E-state index contributed by atoms with van der Waals surface area (Å²) >= 11 is 0. The second kappa shape index (κ2) is 12.7. The first-order valence-corrected chi connectivity index (χ1v) is 11.7. The van der Waals surface area contributed by atoms with Gasteiger partial charge in [-0.2, -0.15) is 0 Å². The Kier molecular flexibility index (Phi) is 10.1. The van der Waals surface area contributed by atoms with Gasteiger partial charge in [0, 0.05) is 36.4 Å². The Bertz CT molecular complexity index is 1020. The first kappa shape index (κ1) is 27.6. The molecule has 9 heteroatoms. The molecule has 0 radical (unpaired) electrons. The predicted octanol–water partition coefficient (Wildman–Crippen LogP) is 4.18. The highest BCUT2D eigenvalue weighted by Crippen LogP contribution is 2.25. The summed E-state index contributed by atoms with van der Waals surface area (Å²) in [5.74, 6) is -0.204. The van der Waals surface area contributed by atoms with Crippen molar-refractivity contribution >= 4 is 23.3 Å². The fraction of sp³-hybridized carbons (Fsp3) is 0.423. The van der Waals surface area contributed by atoms with E-state index >= 15 is 0 Å². The zero-order chi connectivity index (χ0) is 26.0. The number of hydrogen-bond acceptors (Lipinski definition) is 5. The van der Waals surface area contributed by atoms with Gasteiger partial charge in [-0.05, 0) is 55.0 Å². The van der Waals surface area contributed by atoms with E-state index in [2.05, 4.69) is 16.0 Å². The number of nitrogens with one attached hydrogen (secondary N) is 4. The van der Waals surface area contributed by atoms with Gasteiger partial charge in [0.2, 0.25) is 0 Å². The molecule has 3 amide bonds. The molecule has 2 aromatic carbocycles. The molecule has 0 aliphatic heterocycles. The van der Waals surface area contributed by atoms with E-state index < -0.39 is 11.9 Å². The number of primary amides is 1. The van der Waals surface area contributed by atoms with E-state index in [1.807, 2.05) is 27.7 Å². The number of anilines is 1. The summed E-state index contributed by atoms with van der Waals surface area (Å²) in [6.07, 6.45) is 1.43. The smallest absolute Gasteiger partial charge is 0.312 e. The normalized spacial score (nSPS) is 11.9. The van der Waals surface area contributed by atoms with Crippen LogP contribution in [0.5, 0.6) is 5.75 Å². The summed E-state index contributed by atoms with van der Waals surface area (Å²) in [5.41, 5.74) is 6.58. The summed E-state index contributed by atoms with van der Waals surface area (Å²) in [7, 11) is 0. The third-order valence-corrected chi connectivity index (χ3v) is 5.67. The highest BCUT2D eigenvalue weighted by Gasteiger charge is 2.24. The molecule has 8 nitrogen and oxygen atoms in total. The maximum Gasteiger partial charge on any atom is 0.312 e. The first-order valence-electron chi connectivity index (χ1n) is 11.7. The van der Waals surface area contributed by atoms with Crippen LogP contribution in [0.4, 0.5) is 14.9 Å². The van der Waals surface area contributed by atoms with Crippen LogP contribution in [0.3, 0.4) is 0 Å². The lowest BCUT2D eigenvalue weighted by atomic mass is 9.88. The van der Waals surface area contributed by atoms with Crippen molar-refractivity contribution in [1.29, 1.82) is 5.41 Å². The van der Waals surface area contributed by atoms with E-state index in [-0.39, 0.29) is 23.0 Å². The van der Waals surface area contributed by atoms with Gasteiger partial charge in [0.05, 0.1) is 6.61 Å². The van der Waals surface area contributed by atoms with Crippen molar-refractivity contribution in [1.82, 2.24) is 10.6 Å². The zero-order valence-corrected chi connectivity index (χ0v) is 20.8. The maximum absolute atomic E-state index is 13.2. The molecule has 0 fully saturated rings. The number of hydrogen-bond donors (Lipinski definition) is 5. The van der Waals surface area contributed by atoms with Gasteiger partial charge in [0.15, 0.2) is 0 Å². The monoisotopic (exact) mass is 485 g/mol. The van der Waals surface area contributed by atoms with Gasteiger partial charge in [0.25, 0.3) is 5.91 Å². The molecular weight excluding hydrogens is 449 g/mol. The Hall–Kier alpha value is -3.62. The number of urea groups is 1. The second-order valence-electron chi connectivity index (χ2n) is 9.47. The molecule has 0 bridgehead atoms. The number of carbonyl (C=O) groups excluding carboxylic acids is 2. The van der Waals surface area contributed by atoms with Crippen LogP contribution in [-0.2, 0) is 11.3 Å². The number of benzene rings is 2. The van der Waals surface area contributed by atoms with E-state index in [1.165, 1.54) is 12.1 Å². The molecule has 35 heavy (non-hydrogen) atoms. The van der Waals surface area contributed by atoms with Gasteiger partial charge < -0.3 is 26.4 Å². The standard InChI is InChI=1S/C26H36FN5O3/c1-17(26(2,3)4)32-24(33)23(28)21-12-11-20(35-14-6-5-13-30-25(29)34)15-22(21)31-16-18-7-9-19(27)10-8-18/h7-12,15,17,28,31H,5-6,13-14,16H2,1-4H3,(H,32,33)(H3,29,30,34). The minimum absolute atomic E-state index is 0.127. The highest BCUT2D eigenvalue weighted by molar-refractivity contribution is 6.45. The van der Waals surface area contributed by atoms with Crippen molar-refractivity contribution in [3.63, 3.8) is 0 Å². The van der Waals surface area contributed by atoms with Gasteiger partial charge in [-0.1, -0.05) is 32.9 Å². The molecule has 0 aliphatic rings. The Labute approximate surface area is 206 Å². The van der Waals surface area contributed by atoms with Crippen LogP contribution < -0.4 is 26.4 Å². The van der Waals surface area contributed by atoms with Gasteiger partial charge in [-0.25, -0.2) is 9.18 Å². The summed E-state index contributed by atoms with van der Waals surface area (Å²) in [5, 5.41) is 17.2. The molecule has 0 saturated heterocycles. The van der Waals surface area contributed by atoms with Crippen LogP contribution in [-0.4, -0.2) is 36.8 Å². The van der Waals surface area contributed by atoms with Gasteiger partial charge in [-0.3, -0.25) is 10.2 Å². The Morgan fingerprint density at radius 3 is 2.43 bits per heavy atom. The minimum atomic E-state index is -0.554. The fourth-order valence-electron chi connectivity index (χ4n) is 3.01. The number of unbranched alkanes of at least 4 members (excludes halogenated alkanes) is 1. The lowest BCUT2D eigenvalue weighted by Crippen LogP contribution is -2.44. The van der Waals surface area contributed by atoms with Crippen molar-refractivity contribution < 1.29 is 18.7 Å². The largest absolute Gasteiger partial charge is 0.494 e. The zero-order valence-electron chi connectivity index (χ0n) is 20.8. The topological polar surface area (TPSA) is 129 Å². The van der Waals surface area contributed by atoms with Crippen LogP contribution in [0.25, 0.3) is 0 Å². The third-order valence-electron chi connectivity index (χ3n) is 5.67. The average Bonchev–Trinajstić information content (AvgIpc) is 2.79. The quantitative estimate of drug-likeness (QED) is 0.228. The van der Waals surface area contributed by atoms with Crippen molar-refractivity contribution in [2.75, 3.05) is 18.5 Å². The van der Waals surface area contributed by atoms with Crippen molar-refractivity contribution in [2.24, 2.45) is 11.1 Å². The Balaban J connectivity index is 2.14. The van der Waals surface area contributed by atoms with E-state index in [1.54, 1.807) is 30.3 Å². The maximum atomic E-state index is 13.2. The van der Waals surface area contributed by atoms with E-state index in [0.717, 1.165) is 5.56 Å². The van der Waals surface area contributed by atoms with E-state index in [4.69, 9.17) is 15.9 Å². The van der Waals surface area contributed by atoms with Crippen LogP contribution in [0.15, 0.2) is 42.5 Å². The van der Waals surface area contributed by atoms with Crippen molar-refractivity contribution in [3.8, 4) is 5.75 Å². The van der Waals surface area contributed by atoms with Crippen LogP contribution in [0, 0.1) is 16.6 Å². The molecule has 190 valence electrons. The number of nitrogens with two attached hydrogens (primary N) is 1. The van der Waals surface area contributed by atoms with E-state index in [9.17, 15) is 14.0 Å². The molecule has 0 aromatic heterocycles. The summed E-state index contributed by atoms with van der Waals surface area (Å²) in [4.78, 5) is 23.5. The van der Waals surface area contributed by atoms with Crippen molar-refractivity contribution in [3.05, 3.63) is 59.4 Å². The molecule has 0 spiro atoms. The number of halogens is 1. The number of amides is 3. The Morgan fingerprint density at radius 2 is 1.80 bits per heavy atom. The van der Waals surface area contributed by atoms with Crippen molar-refractivity contribution in [2.45, 2.75) is 53.1 Å². The minimum Gasteiger partial charge on any atom is -0.494 e. The lowest BCUT2D eigenvalue weighted by Gasteiger charge is -2.28. The van der Waals surface area contributed by atoms with Gasteiger partial charge >= 0.3 is 6.03 Å². The van der Waals surface area contributed by atoms with E-state index in [0.29, 0.717) is 49.5 Å². The van der Waals surface area contributed by atoms with Gasteiger partial charge in [-0.15, -0.1) is 0 Å². The van der Waals surface area contributed by atoms with Crippen LogP contribution in [0.2, 0.25) is 0 Å². The SMILES string of the molecule is CC(NC(=O)C(=N)c1ccc(OCCCCNC(N)=O)cc1NCc1ccc(F)cc1)C(C)(C)C. The second-order valence-corrected chi connectivity index (χ2v) is 9.47. The Morgan fingerprint density at radius 1 is 1.11 bits per heavy atom. The molecule has 0 aliphatic carbocycles. The molecule has 0 heterocycles. The molecule has 0 saturated carbocycles.